The van der Waals surface area contributed by atoms with Gasteiger partial charge in [0.25, 0.3) is 0 Å². The van der Waals surface area contributed by atoms with E-state index < -0.39 is 6.04 Å². The lowest BCUT2D eigenvalue weighted by molar-refractivity contribution is -0.141. The summed E-state index contributed by atoms with van der Waals surface area (Å²) in [5.41, 5.74) is 3.49. The molecule has 0 aliphatic carbocycles. The summed E-state index contributed by atoms with van der Waals surface area (Å²) >= 11 is 1.75. The number of nitrogens with one attached hydrogen (secondary N) is 1. The van der Waals surface area contributed by atoms with Gasteiger partial charge >= 0.3 is 0 Å². The van der Waals surface area contributed by atoms with E-state index in [-0.39, 0.29) is 11.8 Å². The van der Waals surface area contributed by atoms with Gasteiger partial charge < -0.3 is 10.2 Å². The second kappa shape index (κ2) is 13.2. The van der Waals surface area contributed by atoms with Crippen LogP contribution in [-0.4, -0.2) is 35.1 Å². The van der Waals surface area contributed by atoms with Crippen LogP contribution in [0.5, 0.6) is 0 Å². The Balaban J connectivity index is 2.04. The molecule has 2 aromatic carbocycles. The van der Waals surface area contributed by atoms with Crippen molar-refractivity contribution in [2.45, 2.75) is 58.9 Å². The van der Waals surface area contributed by atoms with E-state index in [0.29, 0.717) is 31.8 Å². The predicted molar refractivity (Wildman–Crippen MR) is 131 cm³/mol. The molecule has 1 N–H and O–H groups in total. The van der Waals surface area contributed by atoms with Crippen LogP contribution >= 0.6 is 11.8 Å². The lowest BCUT2D eigenvalue weighted by Gasteiger charge is -2.31. The van der Waals surface area contributed by atoms with E-state index in [0.717, 1.165) is 17.1 Å². The highest BCUT2D eigenvalue weighted by atomic mass is 32.2. The van der Waals surface area contributed by atoms with Crippen molar-refractivity contribution in [3.05, 3.63) is 71.3 Å². The minimum Gasteiger partial charge on any atom is -0.354 e. The summed E-state index contributed by atoms with van der Waals surface area (Å²) in [5.74, 6) is 1.97. The van der Waals surface area contributed by atoms with Crippen LogP contribution in [0.4, 0.5) is 0 Å². The second-order valence-electron chi connectivity index (χ2n) is 8.36. The number of thioether (sulfide) groups is 1. The molecular formula is C26H36N2O2S. The van der Waals surface area contributed by atoms with Crippen molar-refractivity contribution in [2.24, 2.45) is 5.92 Å². The van der Waals surface area contributed by atoms with E-state index >= 15 is 0 Å². The molecule has 0 aliphatic rings. The van der Waals surface area contributed by atoms with Gasteiger partial charge in [0.15, 0.2) is 0 Å². The van der Waals surface area contributed by atoms with Crippen molar-refractivity contribution in [2.75, 3.05) is 12.3 Å². The summed E-state index contributed by atoms with van der Waals surface area (Å²) in [6.45, 7) is 9.23. The van der Waals surface area contributed by atoms with Crippen molar-refractivity contribution in [1.82, 2.24) is 10.2 Å². The molecular weight excluding hydrogens is 404 g/mol. The highest BCUT2D eigenvalue weighted by molar-refractivity contribution is 7.98. The average molecular weight is 441 g/mol. The number of amides is 2. The summed E-state index contributed by atoms with van der Waals surface area (Å²) in [7, 11) is 0. The third-order valence-electron chi connectivity index (χ3n) is 5.12. The number of hydrogen-bond donors (Lipinski definition) is 1. The van der Waals surface area contributed by atoms with Gasteiger partial charge in [0.05, 0.1) is 0 Å². The van der Waals surface area contributed by atoms with E-state index in [4.69, 9.17) is 0 Å². The topological polar surface area (TPSA) is 49.4 Å². The Labute approximate surface area is 191 Å². The van der Waals surface area contributed by atoms with Gasteiger partial charge in [-0.2, -0.15) is 11.8 Å². The smallest absolute Gasteiger partial charge is 0.242 e. The molecule has 0 heterocycles. The lowest BCUT2D eigenvalue weighted by atomic mass is 10.1. The largest absolute Gasteiger partial charge is 0.354 e. The van der Waals surface area contributed by atoms with E-state index in [1.807, 2.05) is 56.3 Å². The van der Waals surface area contributed by atoms with E-state index in [1.165, 1.54) is 11.1 Å². The van der Waals surface area contributed by atoms with Gasteiger partial charge in [0.2, 0.25) is 11.8 Å². The fourth-order valence-corrected chi connectivity index (χ4v) is 4.19. The first-order chi connectivity index (χ1) is 14.9. The van der Waals surface area contributed by atoms with Gasteiger partial charge in [-0.25, -0.2) is 0 Å². The zero-order chi connectivity index (χ0) is 22.6. The van der Waals surface area contributed by atoms with Gasteiger partial charge in [0, 0.05) is 31.0 Å². The monoisotopic (exact) mass is 440 g/mol. The Morgan fingerprint density at radius 1 is 1.00 bits per heavy atom. The summed E-state index contributed by atoms with van der Waals surface area (Å²) in [5, 5.41) is 3.01. The summed E-state index contributed by atoms with van der Waals surface area (Å²) < 4.78 is 0. The van der Waals surface area contributed by atoms with Crippen LogP contribution in [0.1, 0.15) is 50.3 Å². The number of benzene rings is 2. The van der Waals surface area contributed by atoms with Crippen LogP contribution in [0.3, 0.4) is 0 Å². The second-order valence-corrected chi connectivity index (χ2v) is 9.46. The maximum absolute atomic E-state index is 13.2. The maximum Gasteiger partial charge on any atom is 0.242 e. The molecule has 0 unspecified atom stereocenters. The molecule has 0 radical (unpaired) electrons. The molecule has 2 rings (SSSR count). The first-order valence-electron chi connectivity index (χ1n) is 11.1. The van der Waals surface area contributed by atoms with Gasteiger partial charge in [-0.1, -0.05) is 80.9 Å². The fraction of sp³-hybridized carbons (Fsp3) is 0.462. The summed E-state index contributed by atoms with van der Waals surface area (Å²) in [4.78, 5) is 27.8. The summed E-state index contributed by atoms with van der Waals surface area (Å²) in [6.07, 6.45) is 1.02. The molecule has 0 spiro atoms. The molecule has 0 saturated carbocycles. The van der Waals surface area contributed by atoms with E-state index in [2.05, 4.69) is 31.3 Å². The van der Waals surface area contributed by atoms with Gasteiger partial charge in [-0.05, 0) is 30.4 Å². The number of nitrogens with zero attached hydrogens (tertiary/aromatic N) is 1. The molecule has 1 atom stereocenters. The minimum absolute atomic E-state index is 0.0349. The third-order valence-corrected chi connectivity index (χ3v) is 6.15. The molecule has 168 valence electrons. The fourth-order valence-electron chi connectivity index (χ4n) is 3.30. The van der Waals surface area contributed by atoms with E-state index in [9.17, 15) is 9.59 Å². The van der Waals surface area contributed by atoms with E-state index in [1.54, 1.807) is 16.7 Å². The third kappa shape index (κ3) is 8.78. The molecule has 0 aromatic heterocycles. The molecule has 4 nitrogen and oxygen atoms in total. The molecule has 0 saturated heterocycles. The van der Waals surface area contributed by atoms with Crippen LogP contribution in [0.15, 0.2) is 54.6 Å². The lowest BCUT2D eigenvalue weighted by Crippen LogP contribution is -2.49. The van der Waals surface area contributed by atoms with Crippen molar-refractivity contribution < 1.29 is 9.59 Å². The van der Waals surface area contributed by atoms with Crippen LogP contribution < -0.4 is 5.32 Å². The molecule has 0 bridgehead atoms. The molecule has 2 amide bonds. The number of rotatable bonds is 12. The van der Waals surface area contributed by atoms with Crippen LogP contribution in [0.25, 0.3) is 0 Å². The van der Waals surface area contributed by atoms with Gasteiger partial charge in [-0.3, -0.25) is 9.59 Å². The highest BCUT2D eigenvalue weighted by Gasteiger charge is 2.28. The normalized spacial score (nSPS) is 11.9. The van der Waals surface area contributed by atoms with Crippen molar-refractivity contribution in [1.29, 1.82) is 0 Å². The Morgan fingerprint density at radius 3 is 2.29 bits per heavy atom. The highest BCUT2D eigenvalue weighted by Crippen LogP contribution is 2.17. The van der Waals surface area contributed by atoms with Crippen LogP contribution in [-0.2, 0) is 21.9 Å². The maximum atomic E-state index is 13.2. The van der Waals surface area contributed by atoms with Crippen molar-refractivity contribution in [3.8, 4) is 0 Å². The number of carbonyl (C=O) groups excluding carboxylic acids is 2. The summed E-state index contributed by atoms with van der Waals surface area (Å²) in [6, 6.07) is 18.0. The predicted octanol–water partition coefficient (Wildman–Crippen LogP) is 5.20. The first-order valence-corrected chi connectivity index (χ1v) is 12.3. The van der Waals surface area contributed by atoms with Crippen LogP contribution in [0, 0.1) is 12.8 Å². The Kier molecular flexibility index (Phi) is 10.6. The standard InChI is InChI=1S/C26H36N2O2S/c1-5-24(26(30)27-17-20(2)3)28(18-22-13-11-21(4)12-14-22)25(29)15-16-31-19-23-9-7-6-8-10-23/h6-14,20,24H,5,15-19H2,1-4H3,(H,27,30)/t24-/m1/s1. The zero-order valence-electron chi connectivity index (χ0n) is 19.3. The Morgan fingerprint density at radius 2 is 1.68 bits per heavy atom. The van der Waals surface area contributed by atoms with Crippen molar-refractivity contribution in [3.63, 3.8) is 0 Å². The van der Waals surface area contributed by atoms with Gasteiger partial charge in [0.1, 0.15) is 6.04 Å². The molecule has 0 fully saturated rings. The van der Waals surface area contributed by atoms with Gasteiger partial charge in [-0.15, -0.1) is 0 Å². The quantitative estimate of drug-likeness (QED) is 0.462. The molecule has 2 aromatic rings. The number of aryl methyl sites for hydroxylation is 1. The average Bonchev–Trinajstić information content (AvgIpc) is 2.77. The number of carbonyl (C=O) groups is 2. The van der Waals surface area contributed by atoms with Crippen molar-refractivity contribution >= 4 is 23.6 Å². The zero-order valence-corrected chi connectivity index (χ0v) is 20.1. The Bertz CT molecular complexity index is 806. The Hall–Kier alpha value is -2.27. The molecule has 31 heavy (non-hydrogen) atoms. The van der Waals surface area contributed by atoms with Crippen LogP contribution in [0.2, 0.25) is 0 Å². The SMILES string of the molecule is CC[C@H](C(=O)NCC(C)C)N(Cc1ccc(C)cc1)C(=O)CCSCc1ccccc1. The molecule has 0 aliphatic heterocycles. The first kappa shape index (κ1) is 25.0. The minimum atomic E-state index is -0.452. The molecule has 5 heteroatoms. The number of hydrogen-bond acceptors (Lipinski definition) is 3.